The zero-order valence-electron chi connectivity index (χ0n) is 25.0. The Hall–Kier alpha value is -2.36. The molecular formula is C29H48N4O6. The number of carbonyl (C=O) groups excluding carboxylic acids is 4. The number of hydrogen-bond acceptors (Lipinski definition) is 6. The molecule has 4 fully saturated rings. The number of rotatable bonds is 7. The highest BCUT2D eigenvalue weighted by atomic mass is 16.6. The molecule has 10 heteroatoms. The van der Waals surface area contributed by atoms with Gasteiger partial charge in [-0.05, 0) is 75.0 Å². The van der Waals surface area contributed by atoms with Crippen molar-refractivity contribution in [1.29, 1.82) is 0 Å². The minimum Gasteiger partial charge on any atom is -0.444 e. The fraction of sp³-hybridized carbons (Fsp3) is 0.862. The molecule has 0 aromatic rings. The van der Waals surface area contributed by atoms with Gasteiger partial charge >= 0.3 is 6.09 Å². The van der Waals surface area contributed by atoms with E-state index in [0.29, 0.717) is 19.4 Å². The Labute approximate surface area is 232 Å². The van der Waals surface area contributed by atoms with E-state index in [1.807, 2.05) is 27.7 Å². The summed E-state index contributed by atoms with van der Waals surface area (Å²) in [6.45, 7) is 17.5. The van der Waals surface area contributed by atoms with Crippen molar-refractivity contribution < 1.29 is 29.0 Å². The van der Waals surface area contributed by atoms with Crippen molar-refractivity contribution in [2.75, 3.05) is 6.54 Å². The molecule has 4 amide bonds. The highest BCUT2D eigenvalue weighted by Crippen LogP contribution is 2.65. The normalized spacial score (nSPS) is 32.7. The van der Waals surface area contributed by atoms with E-state index < -0.39 is 46.7 Å². The molecule has 220 valence electrons. The SMILES string of the molecule is CC1CC(NC(=O)C2C3C(CN2C(=O)C(NC(=O)OC(C)(C)C)C(C)(C)C)C3(C)C)(C(O)C(=O)NC2CC2)C1. The lowest BCUT2D eigenvalue weighted by Crippen LogP contribution is -2.69. The van der Waals surface area contributed by atoms with Gasteiger partial charge in [-0.3, -0.25) is 14.4 Å². The molecule has 4 aliphatic rings. The Kier molecular flexibility index (Phi) is 7.31. The Morgan fingerprint density at radius 3 is 2.10 bits per heavy atom. The molecular weight excluding hydrogens is 500 g/mol. The maximum absolute atomic E-state index is 14.0. The Morgan fingerprint density at radius 1 is 1.03 bits per heavy atom. The maximum Gasteiger partial charge on any atom is 0.408 e. The molecule has 39 heavy (non-hydrogen) atoms. The van der Waals surface area contributed by atoms with E-state index in [0.717, 1.165) is 12.8 Å². The second-order valence-electron chi connectivity index (χ2n) is 15.2. The van der Waals surface area contributed by atoms with Gasteiger partial charge in [0.25, 0.3) is 5.91 Å². The van der Waals surface area contributed by atoms with Crippen LogP contribution in [0.2, 0.25) is 0 Å². The van der Waals surface area contributed by atoms with E-state index in [2.05, 4.69) is 29.8 Å². The van der Waals surface area contributed by atoms with Gasteiger partial charge in [-0.2, -0.15) is 0 Å². The number of piperidine rings is 1. The van der Waals surface area contributed by atoms with Gasteiger partial charge in [0.1, 0.15) is 17.7 Å². The number of hydrogen-bond donors (Lipinski definition) is 4. The van der Waals surface area contributed by atoms with Crippen molar-refractivity contribution in [1.82, 2.24) is 20.9 Å². The number of carbonyl (C=O) groups is 4. The van der Waals surface area contributed by atoms with E-state index in [9.17, 15) is 24.3 Å². The summed E-state index contributed by atoms with van der Waals surface area (Å²) >= 11 is 0. The average molecular weight is 549 g/mol. The van der Waals surface area contributed by atoms with Crippen molar-refractivity contribution in [3.05, 3.63) is 0 Å². The zero-order valence-corrected chi connectivity index (χ0v) is 25.0. The molecule has 3 saturated carbocycles. The molecule has 4 rings (SSSR count). The third kappa shape index (κ3) is 5.91. The number of amides is 4. The summed E-state index contributed by atoms with van der Waals surface area (Å²) in [5, 5.41) is 19.7. The summed E-state index contributed by atoms with van der Waals surface area (Å²) in [6.07, 6.45) is 0.731. The topological polar surface area (TPSA) is 137 Å². The second-order valence-corrected chi connectivity index (χ2v) is 15.2. The van der Waals surface area contributed by atoms with Crippen molar-refractivity contribution in [3.63, 3.8) is 0 Å². The molecule has 0 aromatic heterocycles. The molecule has 1 aliphatic heterocycles. The summed E-state index contributed by atoms with van der Waals surface area (Å²) in [5.74, 6) is -0.781. The third-order valence-corrected chi connectivity index (χ3v) is 9.03. The number of nitrogens with zero attached hydrogens (tertiary/aromatic N) is 1. The first-order chi connectivity index (χ1) is 17.8. The van der Waals surface area contributed by atoms with E-state index >= 15 is 0 Å². The summed E-state index contributed by atoms with van der Waals surface area (Å²) < 4.78 is 5.43. The smallest absolute Gasteiger partial charge is 0.408 e. The standard InChI is InChI=1S/C29H48N4O6/c1-15-12-29(13-15,21(34)23(36)30-16-10-11-16)32-22(35)19-18-17(28(18,8)9)14-33(19)24(37)20(26(2,3)4)31-25(38)39-27(5,6)7/h15-21,34H,10-14H2,1-9H3,(H,30,36)(H,31,38)(H,32,35). The van der Waals surface area contributed by atoms with Crippen LogP contribution in [0.1, 0.15) is 88.0 Å². The Balaban J connectivity index is 1.55. The van der Waals surface area contributed by atoms with Crippen LogP contribution in [0.4, 0.5) is 4.79 Å². The van der Waals surface area contributed by atoms with Crippen LogP contribution in [0, 0.1) is 28.6 Å². The molecule has 0 aromatic carbocycles. The number of nitrogens with one attached hydrogen (secondary N) is 3. The first-order valence-electron chi connectivity index (χ1n) is 14.4. The first-order valence-corrected chi connectivity index (χ1v) is 14.4. The summed E-state index contributed by atoms with van der Waals surface area (Å²) in [6, 6.07) is -1.56. The molecule has 3 aliphatic carbocycles. The van der Waals surface area contributed by atoms with Crippen LogP contribution < -0.4 is 16.0 Å². The molecule has 4 N–H and O–H groups in total. The second kappa shape index (κ2) is 9.63. The molecule has 10 nitrogen and oxygen atoms in total. The van der Waals surface area contributed by atoms with Crippen molar-refractivity contribution in [2.45, 2.75) is 123 Å². The number of alkyl carbamates (subject to hydrolysis) is 1. The maximum atomic E-state index is 14.0. The van der Waals surface area contributed by atoms with Crippen molar-refractivity contribution in [3.8, 4) is 0 Å². The number of ether oxygens (including phenoxy) is 1. The molecule has 0 bridgehead atoms. The van der Waals surface area contributed by atoms with Gasteiger partial charge in [-0.15, -0.1) is 0 Å². The van der Waals surface area contributed by atoms with Crippen molar-refractivity contribution in [2.24, 2.45) is 28.6 Å². The van der Waals surface area contributed by atoms with Gasteiger partial charge in [0.15, 0.2) is 6.10 Å². The lowest BCUT2D eigenvalue weighted by atomic mass is 9.65. The number of fused-ring (bicyclic) bond motifs is 1. The summed E-state index contributed by atoms with van der Waals surface area (Å²) in [5.41, 5.74) is -2.53. The quantitative estimate of drug-likeness (QED) is 0.385. The molecule has 1 heterocycles. The lowest BCUT2D eigenvalue weighted by molar-refractivity contribution is -0.149. The number of aliphatic hydroxyl groups is 1. The van der Waals surface area contributed by atoms with E-state index in [4.69, 9.17) is 4.74 Å². The van der Waals surface area contributed by atoms with Crippen LogP contribution in [0.5, 0.6) is 0 Å². The molecule has 0 spiro atoms. The van der Waals surface area contributed by atoms with Crippen LogP contribution in [0.15, 0.2) is 0 Å². The van der Waals surface area contributed by atoms with E-state index in [1.165, 1.54) is 0 Å². The Bertz CT molecular complexity index is 1020. The van der Waals surface area contributed by atoms with Crippen LogP contribution >= 0.6 is 0 Å². The van der Waals surface area contributed by atoms with E-state index in [-0.39, 0.29) is 41.0 Å². The number of likely N-dealkylation sites (tertiary alicyclic amines) is 1. The number of aliphatic hydroxyl groups excluding tert-OH is 1. The summed E-state index contributed by atoms with van der Waals surface area (Å²) in [4.78, 5) is 55.0. The van der Waals surface area contributed by atoms with Crippen LogP contribution in [-0.4, -0.2) is 75.7 Å². The molecule has 5 unspecified atom stereocenters. The minimum absolute atomic E-state index is 0.0458. The highest BCUT2D eigenvalue weighted by molar-refractivity contribution is 5.94. The van der Waals surface area contributed by atoms with Gasteiger partial charge in [-0.25, -0.2) is 4.79 Å². The first kappa shape index (κ1) is 29.6. The highest BCUT2D eigenvalue weighted by Gasteiger charge is 2.70. The third-order valence-electron chi connectivity index (χ3n) is 9.03. The molecule has 5 atom stereocenters. The van der Waals surface area contributed by atoms with Crippen LogP contribution in [0.25, 0.3) is 0 Å². The monoisotopic (exact) mass is 548 g/mol. The Morgan fingerprint density at radius 2 is 1.62 bits per heavy atom. The molecule has 0 radical (unpaired) electrons. The van der Waals surface area contributed by atoms with Gasteiger partial charge in [0.05, 0.1) is 5.54 Å². The predicted molar refractivity (Wildman–Crippen MR) is 145 cm³/mol. The zero-order chi connectivity index (χ0) is 29.3. The van der Waals surface area contributed by atoms with E-state index in [1.54, 1.807) is 25.7 Å². The fourth-order valence-corrected chi connectivity index (χ4v) is 6.71. The van der Waals surface area contributed by atoms with Crippen LogP contribution in [-0.2, 0) is 19.1 Å². The summed E-state index contributed by atoms with van der Waals surface area (Å²) in [7, 11) is 0. The molecule has 1 saturated heterocycles. The van der Waals surface area contributed by atoms with Gasteiger partial charge in [-0.1, -0.05) is 41.5 Å². The van der Waals surface area contributed by atoms with Crippen LogP contribution in [0.3, 0.4) is 0 Å². The lowest BCUT2D eigenvalue weighted by Gasteiger charge is -2.50. The fourth-order valence-electron chi connectivity index (χ4n) is 6.71. The largest absolute Gasteiger partial charge is 0.444 e. The average Bonchev–Trinajstić information content (AvgIpc) is 3.60. The van der Waals surface area contributed by atoms with Gasteiger partial charge < -0.3 is 30.7 Å². The van der Waals surface area contributed by atoms with Gasteiger partial charge in [0.2, 0.25) is 11.8 Å². The predicted octanol–water partition coefficient (Wildman–Crippen LogP) is 2.33. The minimum atomic E-state index is -1.36. The van der Waals surface area contributed by atoms with Crippen molar-refractivity contribution >= 4 is 23.8 Å². The van der Waals surface area contributed by atoms with Gasteiger partial charge in [0, 0.05) is 12.6 Å².